The number of nitrogens with two attached hydrogens (primary N) is 1. The molecule has 0 heterocycles. The number of halogens is 1. The van der Waals surface area contributed by atoms with E-state index < -0.39 is 0 Å². The van der Waals surface area contributed by atoms with Crippen LogP contribution in [0.15, 0.2) is 22.7 Å². The highest BCUT2D eigenvalue weighted by Crippen LogP contribution is 2.27. The Morgan fingerprint density at radius 2 is 2.28 bits per heavy atom. The van der Waals surface area contributed by atoms with Gasteiger partial charge in [-0.3, -0.25) is 4.79 Å². The molecule has 0 unspecified atom stereocenters. The van der Waals surface area contributed by atoms with Crippen molar-refractivity contribution >= 4 is 21.8 Å². The first-order valence-corrected chi connectivity index (χ1v) is 6.86. The van der Waals surface area contributed by atoms with Gasteiger partial charge in [0.2, 0.25) is 0 Å². The van der Waals surface area contributed by atoms with Crippen molar-refractivity contribution in [3.05, 3.63) is 28.2 Å². The van der Waals surface area contributed by atoms with Crippen LogP contribution in [0, 0.1) is 5.92 Å². The number of benzene rings is 1. The lowest BCUT2D eigenvalue weighted by molar-refractivity contribution is -0.123. The van der Waals surface area contributed by atoms with Gasteiger partial charge in [-0.05, 0) is 52.4 Å². The number of rotatable bonds is 6. The highest BCUT2D eigenvalue weighted by atomic mass is 79.9. The topological polar surface area (TPSA) is 64.3 Å². The molecule has 1 aliphatic carbocycles. The molecule has 0 aliphatic heterocycles. The molecule has 0 spiro atoms. The van der Waals surface area contributed by atoms with Crippen LogP contribution < -0.4 is 15.8 Å². The third-order valence-electron chi connectivity index (χ3n) is 2.88. The van der Waals surface area contributed by atoms with Crippen LogP contribution in [-0.2, 0) is 11.3 Å². The normalized spacial score (nSPS) is 14.3. The molecule has 0 radical (unpaired) electrons. The maximum atomic E-state index is 11.5. The van der Waals surface area contributed by atoms with Crippen molar-refractivity contribution in [3.8, 4) is 5.75 Å². The lowest BCUT2D eigenvalue weighted by Gasteiger charge is -2.09. The molecular weight excluding hydrogens is 296 g/mol. The quantitative estimate of drug-likeness (QED) is 0.842. The van der Waals surface area contributed by atoms with Gasteiger partial charge in [0.05, 0.1) is 4.47 Å². The number of carbonyl (C=O) groups excluding carboxylic acids is 1. The fraction of sp³-hybridized carbons (Fsp3) is 0.462. The SMILES string of the molecule is NCc1ccc(OCC(=O)NCC2CC2)c(Br)c1. The van der Waals surface area contributed by atoms with E-state index in [1.54, 1.807) is 0 Å². The van der Waals surface area contributed by atoms with Gasteiger partial charge >= 0.3 is 0 Å². The first kappa shape index (κ1) is 13.4. The number of nitrogens with one attached hydrogen (secondary N) is 1. The fourth-order valence-corrected chi connectivity index (χ4v) is 2.10. The molecule has 5 heteroatoms. The molecule has 1 aromatic carbocycles. The van der Waals surface area contributed by atoms with Gasteiger partial charge in [-0.15, -0.1) is 0 Å². The average Bonchev–Trinajstić information content (AvgIpc) is 3.18. The van der Waals surface area contributed by atoms with Gasteiger partial charge in [0.15, 0.2) is 6.61 Å². The minimum atomic E-state index is -0.0725. The Balaban J connectivity index is 1.79. The second-order valence-corrected chi connectivity index (χ2v) is 5.36. The summed E-state index contributed by atoms with van der Waals surface area (Å²) in [7, 11) is 0. The van der Waals surface area contributed by atoms with Crippen molar-refractivity contribution < 1.29 is 9.53 Å². The Bertz CT molecular complexity index is 433. The second kappa shape index (κ2) is 6.20. The second-order valence-electron chi connectivity index (χ2n) is 4.51. The molecule has 4 nitrogen and oxygen atoms in total. The third-order valence-corrected chi connectivity index (χ3v) is 3.50. The summed E-state index contributed by atoms with van der Waals surface area (Å²) < 4.78 is 6.27. The molecule has 0 aromatic heterocycles. The van der Waals surface area contributed by atoms with Crippen molar-refractivity contribution in [2.45, 2.75) is 19.4 Å². The highest BCUT2D eigenvalue weighted by Gasteiger charge is 2.21. The molecule has 2 rings (SSSR count). The number of hydrogen-bond acceptors (Lipinski definition) is 3. The smallest absolute Gasteiger partial charge is 0.257 e. The van der Waals surface area contributed by atoms with E-state index in [9.17, 15) is 4.79 Å². The Morgan fingerprint density at radius 3 is 2.89 bits per heavy atom. The summed E-state index contributed by atoms with van der Waals surface area (Å²) in [5.41, 5.74) is 6.56. The lowest BCUT2D eigenvalue weighted by atomic mass is 10.2. The van der Waals surface area contributed by atoms with E-state index in [4.69, 9.17) is 10.5 Å². The van der Waals surface area contributed by atoms with Gasteiger partial charge in [0.1, 0.15) is 5.75 Å². The first-order chi connectivity index (χ1) is 8.69. The van der Waals surface area contributed by atoms with E-state index in [0.717, 1.165) is 16.6 Å². The molecule has 98 valence electrons. The third kappa shape index (κ3) is 3.99. The summed E-state index contributed by atoms with van der Waals surface area (Å²) in [5.74, 6) is 1.27. The molecule has 1 aromatic rings. The molecule has 1 amide bonds. The van der Waals surface area contributed by atoms with E-state index in [0.29, 0.717) is 18.2 Å². The van der Waals surface area contributed by atoms with E-state index in [-0.39, 0.29) is 12.5 Å². The first-order valence-electron chi connectivity index (χ1n) is 6.07. The zero-order valence-electron chi connectivity index (χ0n) is 10.1. The fourth-order valence-electron chi connectivity index (χ4n) is 1.56. The van der Waals surface area contributed by atoms with Crippen molar-refractivity contribution in [1.82, 2.24) is 5.32 Å². The van der Waals surface area contributed by atoms with Gasteiger partial charge in [-0.25, -0.2) is 0 Å². The Kier molecular flexibility index (Phi) is 4.60. The van der Waals surface area contributed by atoms with Crippen LogP contribution in [0.4, 0.5) is 0 Å². The minimum absolute atomic E-state index is 0.0489. The number of ether oxygens (including phenoxy) is 1. The maximum absolute atomic E-state index is 11.5. The van der Waals surface area contributed by atoms with Gasteiger partial charge in [-0.1, -0.05) is 6.07 Å². The van der Waals surface area contributed by atoms with Crippen LogP contribution in [0.5, 0.6) is 5.75 Å². The zero-order chi connectivity index (χ0) is 13.0. The molecule has 1 saturated carbocycles. The molecule has 0 atom stereocenters. The van der Waals surface area contributed by atoms with Crippen molar-refractivity contribution in [2.75, 3.05) is 13.2 Å². The summed E-state index contributed by atoms with van der Waals surface area (Å²) in [4.78, 5) is 11.5. The zero-order valence-corrected chi connectivity index (χ0v) is 11.7. The molecule has 1 aliphatic rings. The summed E-state index contributed by atoms with van der Waals surface area (Å²) in [6, 6.07) is 5.61. The lowest BCUT2D eigenvalue weighted by Crippen LogP contribution is -2.30. The Morgan fingerprint density at radius 1 is 1.50 bits per heavy atom. The molecule has 18 heavy (non-hydrogen) atoms. The van der Waals surface area contributed by atoms with Crippen LogP contribution in [0.1, 0.15) is 18.4 Å². The van der Waals surface area contributed by atoms with Gasteiger partial charge in [-0.2, -0.15) is 0 Å². The number of hydrogen-bond donors (Lipinski definition) is 2. The van der Waals surface area contributed by atoms with Crippen LogP contribution in [-0.4, -0.2) is 19.1 Å². The highest BCUT2D eigenvalue weighted by molar-refractivity contribution is 9.10. The maximum Gasteiger partial charge on any atom is 0.257 e. The average molecular weight is 313 g/mol. The van der Waals surface area contributed by atoms with Gasteiger partial charge in [0.25, 0.3) is 5.91 Å². The number of carbonyl (C=O) groups is 1. The summed E-state index contributed by atoms with van der Waals surface area (Å²) >= 11 is 3.40. The monoisotopic (exact) mass is 312 g/mol. The summed E-state index contributed by atoms with van der Waals surface area (Å²) in [5, 5.41) is 2.86. The molecule has 1 fully saturated rings. The van der Waals surface area contributed by atoms with Gasteiger partial charge < -0.3 is 15.8 Å². The molecule has 0 saturated heterocycles. The Hall–Kier alpha value is -1.07. The van der Waals surface area contributed by atoms with Crippen molar-refractivity contribution in [2.24, 2.45) is 11.7 Å². The van der Waals surface area contributed by atoms with Crippen LogP contribution in [0.3, 0.4) is 0 Å². The summed E-state index contributed by atoms with van der Waals surface area (Å²) in [6.07, 6.45) is 2.46. The molecule has 3 N–H and O–H groups in total. The van der Waals surface area contributed by atoms with E-state index in [2.05, 4.69) is 21.2 Å². The van der Waals surface area contributed by atoms with E-state index in [1.165, 1.54) is 12.8 Å². The summed E-state index contributed by atoms with van der Waals surface area (Å²) in [6.45, 7) is 1.31. The van der Waals surface area contributed by atoms with Gasteiger partial charge in [0, 0.05) is 13.1 Å². The molecular formula is C13H17BrN2O2. The van der Waals surface area contributed by atoms with E-state index >= 15 is 0 Å². The standard InChI is InChI=1S/C13H17BrN2O2/c14-11-5-10(6-15)3-4-12(11)18-8-13(17)16-7-9-1-2-9/h3-5,9H,1-2,6-8,15H2,(H,16,17). The minimum Gasteiger partial charge on any atom is -0.483 e. The predicted molar refractivity (Wildman–Crippen MR) is 73.3 cm³/mol. The van der Waals surface area contributed by atoms with Crippen LogP contribution in [0.25, 0.3) is 0 Å². The Labute approximate surface area is 115 Å². The van der Waals surface area contributed by atoms with Crippen molar-refractivity contribution in [1.29, 1.82) is 0 Å². The number of amides is 1. The largest absolute Gasteiger partial charge is 0.483 e. The van der Waals surface area contributed by atoms with E-state index in [1.807, 2.05) is 18.2 Å². The predicted octanol–water partition coefficient (Wildman–Crippen LogP) is 1.81. The molecule has 0 bridgehead atoms. The van der Waals surface area contributed by atoms with Crippen LogP contribution >= 0.6 is 15.9 Å². The van der Waals surface area contributed by atoms with Crippen molar-refractivity contribution in [3.63, 3.8) is 0 Å². The van der Waals surface area contributed by atoms with Crippen LogP contribution in [0.2, 0.25) is 0 Å².